The third-order valence-corrected chi connectivity index (χ3v) is 5.53. The second-order valence-electron chi connectivity index (χ2n) is 8.28. The predicted octanol–water partition coefficient (Wildman–Crippen LogP) is 5.42. The highest BCUT2D eigenvalue weighted by Gasteiger charge is 2.19. The second-order valence-corrected chi connectivity index (χ2v) is 8.28. The quantitative estimate of drug-likeness (QED) is 0.228. The molecule has 0 fully saturated rings. The lowest BCUT2D eigenvalue weighted by Gasteiger charge is -2.18. The van der Waals surface area contributed by atoms with Crippen molar-refractivity contribution in [2.75, 3.05) is 0 Å². The maximum absolute atomic E-state index is 13.0. The molecule has 0 aliphatic heterocycles. The lowest BCUT2D eigenvalue weighted by molar-refractivity contribution is -0.121. The van der Waals surface area contributed by atoms with Gasteiger partial charge in [-0.1, -0.05) is 60.7 Å². The van der Waals surface area contributed by atoms with Gasteiger partial charge in [0, 0.05) is 5.56 Å². The van der Waals surface area contributed by atoms with Gasteiger partial charge in [-0.05, 0) is 65.2 Å². The van der Waals surface area contributed by atoms with Crippen LogP contribution in [0.1, 0.15) is 39.5 Å². The third kappa shape index (κ3) is 7.86. The molecule has 0 aliphatic rings. The van der Waals surface area contributed by atoms with Gasteiger partial charge in [-0.3, -0.25) is 9.59 Å². The molecule has 0 bridgehead atoms. The summed E-state index contributed by atoms with van der Waals surface area (Å²) in [6.07, 6.45) is 1.55. The fourth-order valence-corrected chi connectivity index (χ4v) is 3.58. The molecule has 4 aromatic carbocycles. The van der Waals surface area contributed by atoms with E-state index in [0.717, 1.165) is 16.7 Å². The van der Waals surface area contributed by atoms with Crippen molar-refractivity contribution in [3.05, 3.63) is 137 Å². The largest absolute Gasteiger partial charge is 0.489 e. The Morgan fingerprint density at radius 1 is 0.838 bits per heavy atom. The van der Waals surface area contributed by atoms with Crippen molar-refractivity contribution in [1.82, 2.24) is 10.7 Å². The van der Waals surface area contributed by atoms with Crippen LogP contribution in [0.4, 0.5) is 4.39 Å². The van der Waals surface area contributed by atoms with Gasteiger partial charge in [-0.2, -0.15) is 5.10 Å². The van der Waals surface area contributed by atoms with Crippen LogP contribution < -0.4 is 15.5 Å². The van der Waals surface area contributed by atoms with Gasteiger partial charge in [0.25, 0.3) is 5.91 Å². The fourth-order valence-electron chi connectivity index (χ4n) is 3.58. The molecule has 4 aromatic rings. The number of hydrogen-bond acceptors (Lipinski definition) is 4. The van der Waals surface area contributed by atoms with E-state index < -0.39 is 6.04 Å². The van der Waals surface area contributed by atoms with Crippen LogP contribution in [0.5, 0.6) is 5.75 Å². The molecule has 0 radical (unpaired) electrons. The summed E-state index contributed by atoms with van der Waals surface area (Å²) in [5.41, 5.74) is 5.50. The number of halogens is 1. The van der Waals surface area contributed by atoms with Crippen LogP contribution in [-0.4, -0.2) is 18.0 Å². The smallest absolute Gasteiger partial charge is 0.251 e. The van der Waals surface area contributed by atoms with E-state index in [9.17, 15) is 14.0 Å². The molecular formula is C30H26FN3O3. The fraction of sp³-hybridized carbons (Fsp3) is 0.100. The van der Waals surface area contributed by atoms with Crippen molar-refractivity contribution in [3.63, 3.8) is 0 Å². The number of nitrogens with zero attached hydrogens (tertiary/aromatic N) is 1. The Kier molecular flexibility index (Phi) is 8.75. The summed E-state index contributed by atoms with van der Waals surface area (Å²) in [5, 5.41) is 6.98. The van der Waals surface area contributed by atoms with Gasteiger partial charge < -0.3 is 10.1 Å². The van der Waals surface area contributed by atoms with Gasteiger partial charge in [0.05, 0.1) is 18.7 Å². The molecule has 7 heteroatoms. The van der Waals surface area contributed by atoms with Crippen LogP contribution in [0.15, 0.2) is 114 Å². The van der Waals surface area contributed by atoms with Crippen molar-refractivity contribution in [1.29, 1.82) is 0 Å². The van der Waals surface area contributed by atoms with Gasteiger partial charge in [0.15, 0.2) is 0 Å². The van der Waals surface area contributed by atoms with E-state index in [1.165, 1.54) is 18.3 Å². The molecule has 1 atom stereocenters. The van der Waals surface area contributed by atoms with Gasteiger partial charge in [0.2, 0.25) is 5.91 Å². The van der Waals surface area contributed by atoms with Gasteiger partial charge in [0.1, 0.15) is 18.2 Å². The first-order valence-corrected chi connectivity index (χ1v) is 11.8. The van der Waals surface area contributed by atoms with Crippen molar-refractivity contribution in [2.45, 2.75) is 19.1 Å². The zero-order chi connectivity index (χ0) is 25.9. The van der Waals surface area contributed by atoms with E-state index in [-0.39, 0.29) is 24.1 Å². The molecule has 4 rings (SSSR count). The maximum atomic E-state index is 13.0. The van der Waals surface area contributed by atoms with E-state index in [0.29, 0.717) is 17.9 Å². The number of hydrogen-bond donors (Lipinski definition) is 2. The lowest BCUT2D eigenvalue weighted by atomic mass is 10.0. The Labute approximate surface area is 214 Å². The van der Waals surface area contributed by atoms with Crippen molar-refractivity contribution in [2.24, 2.45) is 5.10 Å². The SMILES string of the molecule is O=C(C[C@@H](NC(=O)c1ccccc1)c1ccccc1)N/N=C\c1ccc(OCc2ccc(F)cc2)cc1. The summed E-state index contributed by atoms with van der Waals surface area (Å²) < 4.78 is 18.7. The van der Waals surface area contributed by atoms with Gasteiger partial charge in [-0.25, -0.2) is 9.82 Å². The maximum Gasteiger partial charge on any atom is 0.251 e. The van der Waals surface area contributed by atoms with Crippen LogP contribution in [0, 0.1) is 5.82 Å². The Morgan fingerprint density at radius 2 is 1.49 bits per heavy atom. The zero-order valence-electron chi connectivity index (χ0n) is 20.0. The lowest BCUT2D eigenvalue weighted by Crippen LogP contribution is -2.32. The first kappa shape index (κ1) is 25.3. The average molecular weight is 496 g/mol. The highest BCUT2D eigenvalue weighted by Crippen LogP contribution is 2.18. The zero-order valence-corrected chi connectivity index (χ0v) is 20.0. The number of rotatable bonds is 10. The Hall–Kier alpha value is -4.78. The molecule has 186 valence electrons. The Balaban J connectivity index is 1.30. The number of ether oxygens (including phenoxy) is 1. The summed E-state index contributed by atoms with van der Waals surface area (Å²) >= 11 is 0. The summed E-state index contributed by atoms with van der Waals surface area (Å²) in [7, 11) is 0. The predicted molar refractivity (Wildman–Crippen MR) is 141 cm³/mol. The highest BCUT2D eigenvalue weighted by molar-refractivity contribution is 5.94. The molecule has 2 amide bonds. The highest BCUT2D eigenvalue weighted by atomic mass is 19.1. The minimum atomic E-state index is -0.512. The number of carbonyl (C=O) groups is 2. The molecule has 0 aromatic heterocycles. The number of amides is 2. The van der Waals surface area contributed by atoms with E-state index in [2.05, 4.69) is 15.8 Å². The van der Waals surface area contributed by atoms with Crippen molar-refractivity contribution >= 4 is 18.0 Å². The molecule has 2 N–H and O–H groups in total. The Bertz CT molecular complexity index is 1330. The number of hydrazone groups is 1. The molecular weight excluding hydrogens is 469 g/mol. The molecule has 0 saturated carbocycles. The molecule has 0 heterocycles. The minimum Gasteiger partial charge on any atom is -0.489 e. The van der Waals surface area contributed by atoms with Crippen LogP contribution in [0.3, 0.4) is 0 Å². The molecule has 0 unspecified atom stereocenters. The topological polar surface area (TPSA) is 79.8 Å². The monoisotopic (exact) mass is 495 g/mol. The number of nitrogens with one attached hydrogen (secondary N) is 2. The first-order chi connectivity index (χ1) is 18.1. The molecule has 37 heavy (non-hydrogen) atoms. The molecule has 0 aliphatic carbocycles. The summed E-state index contributed by atoms with van der Waals surface area (Å²) in [6.45, 7) is 0.327. The van der Waals surface area contributed by atoms with Crippen LogP contribution in [0.25, 0.3) is 0 Å². The van der Waals surface area contributed by atoms with Gasteiger partial charge in [-0.15, -0.1) is 0 Å². The minimum absolute atomic E-state index is 0.0239. The van der Waals surface area contributed by atoms with Crippen LogP contribution in [-0.2, 0) is 11.4 Å². The molecule has 0 spiro atoms. The second kappa shape index (κ2) is 12.8. The summed E-state index contributed by atoms with van der Waals surface area (Å²) in [4.78, 5) is 25.3. The van der Waals surface area contributed by atoms with E-state index in [4.69, 9.17) is 4.74 Å². The normalized spacial score (nSPS) is 11.6. The van der Waals surface area contributed by atoms with E-state index >= 15 is 0 Å². The van der Waals surface area contributed by atoms with E-state index in [1.807, 2.05) is 48.5 Å². The van der Waals surface area contributed by atoms with Crippen molar-refractivity contribution < 1.29 is 18.7 Å². The standard InChI is InChI=1S/C30H26FN3O3/c31-26-15-11-23(12-16-26)21-37-27-17-13-22(14-18-27)20-32-34-29(35)19-28(24-7-3-1-4-8-24)33-30(36)25-9-5-2-6-10-25/h1-18,20,28H,19,21H2,(H,33,36)(H,34,35)/b32-20-/t28-/m1/s1. The van der Waals surface area contributed by atoms with Gasteiger partial charge >= 0.3 is 0 Å². The van der Waals surface area contributed by atoms with Crippen molar-refractivity contribution in [3.8, 4) is 5.75 Å². The Morgan fingerprint density at radius 3 is 2.16 bits per heavy atom. The average Bonchev–Trinajstić information content (AvgIpc) is 2.94. The number of carbonyl (C=O) groups excluding carboxylic acids is 2. The van der Waals surface area contributed by atoms with E-state index in [1.54, 1.807) is 48.5 Å². The first-order valence-electron chi connectivity index (χ1n) is 11.8. The number of benzene rings is 4. The summed E-state index contributed by atoms with van der Waals surface area (Å²) in [5.74, 6) is -0.220. The molecule has 0 saturated heterocycles. The van der Waals surface area contributed by atoms with Crippen LogP contribution in [0.2, 0.25) is 0 Å². The third-order valence-electron chi connectivity index (χ3n) is 5.53. The van der Waals surface area contributed by atoms with Crippen LogP contribution >= 0.6 is 0 Å². The molecule has 6 nitrogen and oxygen atoms in total. The summed E-state index contributed by atoms with van der Waals surface area (Å²) in [6, 6.07) is 31.0.